The summed E-state index contributed by atoms with van der Waals surface area (Å²) in [5.74, 6) is 2.08. The zero-order valence-electron chi connectivity index (χ0n) is 7.99. The number of hydrogen-bond donors (Lipinski definition) is 1. The van der Waals surface area contributed by atoms with Gasteiger partial charge in [0.25, 0.3) is 5.89 Å². The van der Waals surface area contributed by atoms with Gasteiger partial charge in [-0.2, -0.15) is 0 Å². The first-order valence-corrected chi connectivity index (χ1v) is 4.53. The minimum Gasteiger partial charge on any atom is -0.459 e. The molecule has 0 atom stereocenters. The highest BCUT2D eigenvalue weighted by Crippen LogP contribution is 2.19. The van der Waals surface area contributed by atoms with E-state index in [2.05, 4.69) is 10.3 Å². The van der Waals surface area contributed by atoms with Gasteiger partial charge in [0, 0.05) is 13.0 Å². The second-order valence-corrected chi connectivity index (χ2v) is 2.96. The van der Waals surface area contributed by atoms with E-state index >= 15 is 0 Å². The Morgan fingerprint density at radius 2 is 2.43 bits per heavy atom. The average Bonchev–Trinajstić information content (AvgIpc) is 2.85. The monoisotopic (exact) mass is 192 g/mol. The molecule has 0 aliphatic rings. The van der Waals surface area contributed by atoms with Crippen molar-refractivity contribution >= 4 is 0 Å². The number of nitrogens with one attached hydrogen (secondary N) is 1. The van der Waals surface area contributed by atoms with Crippen LogP contribution in [0.5, 0.6) is 0 Å². The van der Waals surface area contributed by atoms with Gasteiger partial charge in [0.15, 0.2) is 5.76 Å². The van der Waals surface area contributed by atoms with Crippen molar-refractivity contribution in [2.75, 3.05) is 13.6 Å². The van der Waals surface area contributed by atoms with Crippen LogP contribution in [-0.4, -0.2) is 18.6 Å². The van der Waals surface area contributed by atoms with Crippen molar-refractivity contribution in [3.63, 3.8) is 0 Å². The third-order valence-corrected chi connectivity index (χ3v) is 1.91. The smallest absolute Gasteiger partial charge is 0.262 e. The Bertz CT molecular complexity index is 378. The number of oxazole rings is 1. The zero-order chi connectivity index (χ0) is 9.80. The molecule has 0 bridgehead atoms. The van der Waals surface area contributed by atoms with Crippen LogP contribution >= 0.6 is 0 Å². The minimum absolute atomic E-state index is 0.543. The van der Waals surface area contributed by atoms with Crippen LogP contribution in [0.15, 0.2) is 33.4 Å². The lowest BCUT2D eigenvalue weighted by atomic mass is 10.3. The largest absolute Gasteiger partial charge is 0.459 e. The van der Waals surface area contributed by atoms with Crippen molar-refractivity contribution < 1.29 is 8.83 Å². The molecule has 14 heavy (non-hydrogen) atoms. The fourth-order valence-corrected chi connectivity index (χ4v) is 1.19. The molecule has 0 aromatic carbocycles. The summed E-state index contributed by atoms with van der Waals surface area (Å²) in [5, 5.41) is 3.05. The molecule has 2 heterocycles. The number of furan rings is 1. The van der Waals surface area contributed by atoms with Gasteiger partial charge in [0.05, 0.1) is 12.5 Å². The van der Waals surface area contributed by atoms with Crippen molar-refractivity contribution in [3.05, 3.63) is 30.4 Å². The summed E-state index contributed by atoms with van der Waals surface area (Å²) in [7, 11) is 1.91. The Kier molecular flexibility index (Phi) is 2.65. The minimum atomic E-state index is 0.543. The topological polar surface area (TPSA) is 51.2 Å². The Hall–Kier alpha value is -1.55. The van der Waals surface area contributed by atoms with Crippen molar-refractivity contribution in [1.82, 2.24) is 10.3 Å². The molecular formula is C10H12N2O2. The zero-order valence-corrected chi connectivity index (χ0v) is 7.99. The van der Waals surface area contributed by atoms with Gasteiger partial charge in [-0.05, 0) is 19.2 Å². The second-order valence-electron chi connectivity index (χ2n) is 2.96. The highest BCUT2D eigenvalue weighted by molar-refractivity contribution is 5.43. The number of nitrogens with zero attached hydrogens (tertiary/aromatic N) is 1. The number of hydrogen-bond acceptors (Lipinski definition) is 4. The fraction of sp³-hybridized carbons (Fsp3) is 0.300. The highest BCUT2D eigenvalue weighted by Gasteiger charge is 2.07. The van der Waals surface area contributed by atoms with Crippen LogP contribution in [0.3, 0.4) is 0 Å². The first-order chi connectivity index (χ1) is 6.90. The van der Waals surface area contributed by atoms with E-state index in [0.717, 1.165) is 18.7 Å². The molecular weight excluding hydrogens is 180 g/mol. The van der Waals surface area contributed by atoms with Crippen LogP contribution in [0.25, 0.3) is 11.7 Å². The maximum absolute atomic E-state index is 5.49. The van der Waals surface area contributed by atoms with Gasteiger partial charge in [0.2, 0.25) is 0 Å². The molecule has 2 aromatic heterocycles. The maximum atomic E-state index is 5.49. The van der Waals surface area contributed by atoms with Crippen LogP contribution in [0.2, 0.25) is 0 Å². The molecule has 0 saturated heterocycles. The van der Waals surface area contributed by atoms with E-state index in [9.17, 15) is 0 Å². The van der Waals surface area contributed by atoms with Crippen LogP contribution in [0.1, 0.15) is 5.76 Å². The molecule has 4 nitrogen and oxygen atoms in total. The first-order valence-electron chi connectivity index (χ1n) is 4.53. The quantitative estimate of drug-likeness (QED) is 0.801. The van der Waals surface area contributed by atoms with Crippen molar-refractivity contribution in [2.45, 2.75) is 6.42 Å². The molecule has 0 radical (unpaired) electrons. The van der Waals surface area contributed by atoms with E-state index in [1.807, 2.05) is 19.2 Å². The van der Waals surface area contributed by atoms with Crippen LogP contribution in [0.4, 0.5) is 0 Å². The predicted molar refractivity (Wildman–Crippen MR) is 51.8 cm³/mol. The molecule has 0 spiro atoms. The summed E-state index contributed by atoms with van der Waals surface area (Å²) in [4.78, 5) is 4.12. The van der Waals surface area contributed by atoms with Crippen molar-refractivity contribution in [3.8, 4) is 11.7 Å². The summed E-state index contributed by atoms with van der Waals surface area (Å²) in [6.07, 6.45) is 4.17. The second kappa shape index (κ2) is 4.11. The molecule has 2 aromatic rings. The SMILES string of the molecule is CNCCc1cnc(-c2ccco2)o1. The molecule has 0 amide bonds. The van der Waals surface area contributed by atoms with E-state index in [0.29, 0.717) is 11.7 Å². The summed E-state index contributed by atoms with van der Waals surface area (Å²) in [6.45, 7) is 0.882. The molecule has 0 unspecified atom stereocenters. The number of likely N-dealkylation sites (N-methyl/N-ethyl adjacent to an activating group) is 1. The highest BCUT2D eigenvalue weighted by atomic mass is 16.4. The third kappa shape index (κ3) is 1.85. The molecule has 0 saturated carbocycles. The van der Waals surface area contributed by atoms with Crippen molar-refractivity contribution in [2.24, 2.45) is 0 Å². The Balaban J connectivity index is 2.10. The summed E-state index contributed by atoms with van der Waals surface area (Å²) >= 11 is 0. The van der Waals surface area contributed by atoms with Crippen molar-refractivity contribution in [1.29, 1.82) is 0 Å². The van der Waals surface area contributed by atoms with Gasteiger partial charge < -0.3 is 14.2 Å². The number of aromatic nitrogens is 1. The lowest BCUT2D eigenvalue weighted by Crippen LogP contribution is -2.09. The van der Waals surface area contributed by atoms with E-state index in [-0.39, 0.29) is 0 Å². The van der Waals surface area contributed by atoms with Gasteiger partial charge in [-0.25, -0.2) is 4.98 Å². The van der Waals surface area contributed by atoms with Gasteiger partial charge >= 0.3 is 0 Å². The molecule has 0 fully saturated rings. The fourth-order valence-electron chi connectivity index (χ4n) is 1.19. The van der Waals surface area contributed by atoms with Gasteiger partial charge in [-0.3, -0.25) is 0 Å². The molecule has 2 rings (SSSR count). The Morgan fingerprint density at radius 3 is 3.14 bits per heavy atom. The van der Waals surface area contributed by atoms with Crippen LogP contribution in [0, 0.1) is 0 Å². The molecule has 0 aliphatic heterocycles. The van der Waals surface area contributed by atoms with Gasteiger partial charge in [-0.15, -0.1) is 0 Å². The summed E-state index contributed by atoms with van der Waals surface area (Å²) < 4.78 is 10.7. The van der Waals surface area contributed by atoms with Crippen LogP contribution in [-0.2, 0) is 6.42 Å². The Labute approximate surface area is 81.9 Å². The van der Waals surface area contributed by atoms with E-state index < -0.39 is 0 Å². The molecule has 0 aliphatic carbocycles. The number of rotatable bonds is 4. The lowest BCUT2D eigenvalue weighted by Gasteiger charge is -1.93. The van der Waals surface area contributed by atoms with Gasteiger partial charge in [-0.1, -0.05) is 0 Å². The maximum Gasteiger partial charge on any atom is 0.262 e. The van der Waals surface area contributed by atoms with Crippen LogP contribution < -0.4 is 5.32 Å². The molecule has 4 heteroatoms. The van der Waals surface area contributed by atoms with E-state index in [1.165, 1.54) is 0 Å². The predicted octanol–water partition coefficient (Wildman–Crippen LogP) is 1.70. The summed E-state index contributed by atoms with van der Waals surface area (Å²) in [5.41, 5.74) is 0. The molecule has 74 valence electrons. The Morgan fingerprint density at radius 1 is 1.50 bits per heavy atom. The molecule has 1 N–H and O–H groups in total. The van der Waals surface area contributed by atoms with Gasteiger partial charge in [0.1, 0.15) is 5.76 Å². The lowest BCUT2D eigenvalue weighted by molar-refractivity contribution is 0.483. The normalized spacial score (nSPS) is 10.6. The van der Waals surface area contributed by atoms with E-state index in [1.54, 1.807) is 12.5 Å². The summed E-state index contributed by atoms with van der Waals surface area (Å²) in [6, 6.07) is 3.64. The first kappa shape index (κ1) is 9.02. The standard InChI is InChI=1S/C10H12N2O2/c1-11-5-4-8-7-12-10(14-8)9-3-2-6-13-9/h2-3,6-7,11H,4-5H2,1H3. The average molecular weight is 192 g/mol. The third-order valence-electron chi connectivity index (χ3n) is 1.91. The van der Waals surface area contributed by atoms with E-state index in [4.69, 9.17) is 8.83 Å².